The van der Waals surface area contributed by atoms with Gasteiger partial charge in [-0.15, -0.1) is 0 Å². The van der Waals surface area contributed by atoms with Gasteiger partial charge >= 0.3 is 0 Å². The van der Waals surface area contributed by atoms with E-state index in [-0.39, 0.29) is 12.7 Å². The Labute approximate surface area is 106 Å². The summed E-state index contributed by atoms with van der Waals surface area (Å²) >= 11 is 0. The summed E-state index contributed by atoms with van der Waals surface area (Å²) in [5.41, 5.74) is 0. The predicted octanol–water partition coefficient (Wildman–Crippen LogP) is 1.93. The maximum atomic E-state index is 9.86. The van der Waals surface area contributed by atoms with Crippen molar-refractivity contribution in [1.82, 2.24) is 5.32 Å². The fourth-order valence-electron chi connectivity index (χ4n) is 2.65. The van der Waals surface area contributed by atoms with Crippen molar-refractivity contribution in [3.8, 4) is 0 Å². The zero-order valence-corrected chi connectivity index (χ0v) is 11.2. The molecule has 0 saturated heterocycles. The highest BCUT2D eigenvalue weighted by Gasteiger charge is 2.18. The predicted molar refractivity (Wildman–Crippen MR) is 70.9 cm³/mol. The van der Waals surface area contributed by atoms with Gasteiger partial charge in [0, 0.05) is 13.2 Å². The van der Waals surface area contributed by atoms with Crippen molar-refractivity contribution in [1.29, 1.82) is 0 Å². The summed E-state index contributed by atoms with van der Waals surface area (Å²) in [7, 11) is 0. The van der Waals surface area contributed by atoms with Crippen molar-refractivity contribution >= 4 is 0 Å². The largest absolute Gasteiger partial charge is 0.396 e. The maximum absolute atomic E-state index is 9.86. The summed E-state index contributed by atoms with van der Waals surface area (Å²) in [5, 5.41) is 22.0. The molecule has 1 rings (SSSR count). The average Bonchev–Trinajstić information content (AvgIpc) is 2.81. The molecule has 0 spiro atoms. The molecule has 102 valence electrons. The summed E-state index contributed by atoms with van der Waals surface area (Å²) in [5.74, 6) is 1.17. The molecule has 3 heteroatoms. The molecule has 0 aromatic rings. The lowest BCUT2D eigenvalue weighted by Crippen LogP contribution is -2.29. The van der Waals surface area contributed by atoms with Gasteiger partial charge in [0.1, 0.15) is 0 Å². The SMILES string of the molecule is CC(CO)CCCNCC(O)CC1CCCC1. The van der Waals surface area contributed by atoms with E-state index in [0.29, 0.717) is 5.92 Å². The lowest BCUT2D eigenvalue weighted by Gasteiger charge is -2.16. The lowest BCUT2D eigenvalue weighted by atomic mass is 10.00. The van der Waals surface area contributed by atoms with Crippen LogP contribution in [0, 0.1) is 11.8 Å². The Hall–Kier alpha value is -0.120. The molecule has 0 heterocycles. The van der Waals surface area contributed by atoms with Crippen LogP contribution in [-0.4, -0.2) is 36.0 Å². The molecular weight excluding hydrogens is 214 g/mol. The molecule has 1 fully saturated rings. The third-order valence-corrected chi connectivity index (χ3v) is 3.82. The van der Waals surface area contributed by atoms with Crippen molar-refractivity contribution in [2.24, 2.45) is 11.8 Å². The van der Waals surface area contributed by atoms with Crippen molar-refractivity contribution in [3.63, 3.8) is 0 Å². The molecule has 1 aliphatic rings. The normalized spacial score (nSPS) is 20.6. The Morgan fingerprint density at radius 3 is 2.65 bits per heavy atom. The van der Waals surface area contributed by atoms with Crippen molar-refractivity contribution in [2.75, 3.05) is 19.7 Å². The molecule has 0 aliphatic heterocycles. The van der Waals surface area contributed by atoms with Gasteiger partial charge in [0.15, 0.2) is 0 Å². The third kappa shape index (κ3) is 7.02. The molecule has 3 nitrogen and oxygen atoms in total. The minimum Gasteiger partial charge on any atom is -0.396 e. The van der Waals surface area contributed by atoms with Crippen molar-refractivity contribution in [3.05, 3.63) is 0 Å². The van der Waals surface area contributed by atoms with Gasteiger partial charge < -0.3 is 15.5 Å². The maximum Gasteiger partial charge on any atom is 0.0667 e. The van der Waals surface area contributed by atoms with Crippen LogP contribution in [0.25, 0.3) is 0 Å². The quantitative estimate of drug-likeness (QED) is 0.542. The van der Waals surface area contributed by atoms with Gasteiger partial charge in [-0.2, -0.15) is 0 Å². The fourth-order valence-corrected chi connectivity index (χ4v) is 2.65. The highest BCUT2D eigenvalue weighted by atomic mass is 16.3. The standard InChI is InChI=1S/C14H29NO2/c1-12(11-16)5-4-8-15-10-14(17)9-13-6-2-3-7-13/h12-17H,2-11H2,1H3. The highest BCUT2D eigenvalue weighted by molar-refractivity contribution is 4.72. The van der Waals surface area contributed by atoms with Crippen LogP contribution in [0.1, 0.15) is 51.9 Å². The molecular formula is C14H29NO2. The molecule has 1 saturated carbocycles. The van der Waals surface area contributed by atoms with E-state index in [1.807, 2.05) is 0 Å². The van der Waals surface area contributed by atoms with Crippen LogP contribution in [0.15, 0.2) is 0 Å². The Morgan fingerprint density at radius 1 is 1.29 bits per heavy atom. The highest BCUT2D eigenvalue weighted by Crippen LogP contribution is 2.28. The van der Waals surface area contributed by atoms with E-state index in [0.717, 1.165) is 38.3 Å². The third-order valence-electron chi connectivity index (χ3n) is 3.82. The van der Waals surface area contributed by atoms with Gasteiger partial charge in [0.2, 0.25) is 0 Å². The molecule has 2 atom stereocenters. The molecule has 1 aliphatic carbocycles. The monoisotopic (exact) mass is 243 g/mol. The molecule has 0 aromatic heterocycles. The minimum absolute atomic E-state index is 0.173. The van der Waals surface area contributed by atoms with Gasteiger partial charge in [0.25, 0.3) is 0 Å². The van der Waals surface area contributed by atoms with Crippen LogP contribution in [0.5, 0.6) is 0 Å². The Bertz CT molecular complexity index is 181. The van der Waals surface area contributed by atoms with E-state index >= 15 is 0 Å². The second-order valence-corrected chi connectivity index (χ2v) is 5.67. The summed E-state index contributed by atoms with van der Waals surface area (Å²) in [6.07, 6.45) is 8.26. The van der Waals surface area contributed by atoms with Gasteiger partial charge in [-0.3, -0.25) is 0 Å². The Kier molecular flexibility index (Phi) is 7.82. The summed E-state index contributed by atoms with van der Waals surface area (Å²) < 4.78 is 0. The van der Waals surface area contributed by atoms with E-state index in [1.165, 1.54) is 25.7 Å². The second kappa shape index (κ2) is 8.90. The van der Waals surface area contributed by atoms with Gasteiger partial charge in [-0.1, -0.05) is 32.6 Å². The van der Waals surface area contributed by atoms with Crippen molar-refractivity contribution < 1.29 is 10.2 Å². The van der Waals surface area contributed by atoms with E-state index in [2.05, 4.69) is 12.2 Å². The van der Waals surface area contributed by atoms with Crippen LogP contribution in [0.4, 0.5) is 0 Å². The molecule has 0 amide bonds. The molecule has 3 N–H and O–H groups in total. The Morgan fingerprint density at radius 2 is 2.00 bits per heavy atom. The topological polar surface area (TPSA) is 52.5 Å². The average molecular weight is 243 g/mol. The van der Waals surface area contributed by atoms with Gasteiger partial charge in [0.05, 0.1) is 6.10 Å². The van der Waals surface area contributed by atoms with Crippen molar-refractivity contribution in [2.45, 2.75) is 58.0 Å². The first-order chi connectivity index (χ1) is 8.22. The number of aliphatic hydroxyl groups is 2. The fraction of sp³-hybridized carbons (Fsp3) is 1.00. The number of rotatable bonds is 9. The lowest BCUT2D eigenvalue weighted by molar-refractivity contribution is 0.140. The first-order valence-electron chi connectivity index (χ1n) is 7.22. The number of hydrogen-bond acceptors (Lipinski definition) is 3. The van der Waals surface area contributed by atoms with Gasteiger partial charge in [-0.25, -0.2) is 0 Å². The number of aliphatic hydroxyl groups excluding tert-OH is 2. The molecule has 0 bridgehead atoms. The second-order valence-electron chi connectivity index (χ2n) is 5.67. The summed E-state index contributed by atoms with van der Waals surface area (Å²) in [4.78, 5) is 0. The van der Waals surface area contributed by atoms with Gasteiger partial charge in [-0.05, 0) is 37.6 Å². The van der Waals surface area contributed by atoms with E-state index in [4.69, 9.17) is 5.11 Å². The minimum atomic E-state index is -0.173. The molecule has 2 unspecified atom stereocenters. The summed E-state index contributed by atoms with van der Waals surface area (Å²) in [6, 6.07) is 0. The van der Waals surface area contributed by atoms with E-state index in [9.17, 15) is 5.11 Å². The van der Waals surface area contributed by atoms with Crippen LogP contribution in [-0.2, 0) is 0 Å². The zero-order valence-electron chi connectivity index (χ0n) is 11.2. The number of hydrogen-bond donors (Lipinski definition) is 3. The first kappa shape index (κ1) is 14.9. The van der Waals surface area contributed by atoms with Crippen LogP contribution < -0.4 is 5.32 Å². The molecule has 0 radical (unpaired) electrons. The Balaban J connectivity index is 1.91. The van der Waals surface area contributed by atoms with E-state index in [1.54, 1.807) is 0 Å². The first-order valence-corrected chi connectivity index (χ1v) is 7.22. The van der Waals surface area contributed by atoms with Crippen LogP contribution in [0.3, 0.4) is 0 Å². The molecule has 0 aromatic carbocycles. The summed E-state index contributed by atoms with van der Waals surface area (Å²) in [6.45, 7) is 4.02. The smallest absolute Gasteiger partial charge is 0.0667 e. The van der Waals surface area contributed by atoms with Crippen LogP contribution in [0.2, 0.25) is 0 Å². The number of nitrogens with one attached hydrogen (secondary N) is 1. The van der Waals surface area contributed by atoms with E-state index < -0.39 is 0 Å². The molecule has 17 heavy (non-hydrogen) atoms. The zero-order chi connectivity index (χ0) is 12.5. The van der Waals surface area contributed by atoms with Crippen LogP contribution >= 0.6 is 0 Å².